The molecule has 1 aromatic carbocycles. The molecule has 2 heterocycles. The summed E-state index contributed by atoms with van der Waals surface area (Å²) in [6.07, 6.45) is 7.27. The van der Waals surface area contributed by atoms with Gasteiger partial charge in [0.15, 0.2) is 0 Å². The molecule has 0 N–H and O–H groups in total. The van der Waals surface area contributed by atoms with Gasteiger partial charge in [0.1, 0.15) is 5.82 Å². The maximum atomic E-state index is 14.0. The summed E-state index contributed by atoms with van der Waals surface area (Å²) in [6, 6.07) is 6.90. The summed E-state index contributed by atoms with van der Waals surface area (Å²) in [4.78, 5) is 17.3. The van der Waals surface area contributed by atoms with E-state index in [1.54, 1.807) is 6.07 Å². The van der Waals surface area contributed by atoms with Crippen molar-refractivity contribution in [3.8, 4) is 0 Å². The molecule has 1 saturated carbocycles. The maximum Gasteiger partial charge on any atom is 0.239 e. The van der Waals surface area contributed by atoms with Crippen LogP contribution in [0.5, 0.6) is 0 Å². The Balaban J connectivity index is 1.46. The lowest BCUT2D eigenvalue weighted by atomic mass is 9.85. The SMILES string of the molecule is O=C1[C@H]2C[C@H](CCN2Cc2ccccc2F)CN1CC1CCCC1. The van der Waals surface area contributed by atoms with Gasteiger partial charge in [0.2, 0.25) is 5.91 Å². The van der Waals surface area contributed by atoms with Crippen LogP contribution in [0.1, 0.15) is 44.1 Å². The number of likely N-dealkylation sites (tertiary alicyclic amines) is 2. The monoisotopic (exact) mass is 330 g/mol. The Bertz CT molecular complexity index is 599. The first-order chi connectivity index (χ1) is 11.7. The number of hydrogen-bond acceptors (Lipinski definition) is 2. The molecule has 4 heteroatoms. The van der Waals surface area contributed by atoms with Crippen LogP contribution in [0, 0.1) is 17.7 Å². The van der Waals surface area contributed by atoms with Gasteiger partial charge in [-0.25, -0.2) is 4.39 Å². The number of nitrogens with zero attached hydrogens (tertiary/aromatic N) is 2. The van der Waals surface area contributed by atoms with Crippen molar-refractivity contribution in [2.24, 2.45) is 11.8 Å². The summed E-state index contributed by atoms with van der Waals surface area (Å²) >= 11 is 0. The van der Waals surface area contributed by atoms with Crippen LogP contribution < -0.4 is 0 Å². The number of amides is 1. The van der Waals surface area contributed by atoms with Crippen molar-refractivity contribution in [2.45, 2.75) is 51.1 Å². The first kappa shape index (κ1) is 16.1. The van der Waals surface area contributed by atoms with Gasteiger partial charge in [0.05, 0.1) is 6.04 Å². The lowest BCUT2D eigenvalue weighted by Crippen LogP contribution is -2.59. The fourth-order valence-electron chi connectivity index (χ4n) is 4.83. The van der Waals surface area contributed by atoms with Gasteiger partial charge >= 0.3 is 0 Å². The van der Waals surface area contributed by atoms with E-state index in [-0.39, 0.29) is 17.8 Å². The summed E-state index contributed by atoms with van der Waals surface area (Å²) in [5, 5.41) is 0. The van der Waals surface area contributed by atoms with Crippen LogP contribution in [-0.2, 0) is 11.3 Å². The number of carbonyl (C=O) groups is 1. The second kappa shape index (κ2) is 6.83. The first-order valence-electron chi connectivity index (χ1n) is 9.47. The number of rotatable bonds is 4. The fourth-order valence-corrected chi connectivity index (χ4v) is 4.83. The molecule has 4 rings (SSSR count). The average Bonchev–Trinajstić information content (AvgIpc) is 3.09. The smallest absolute Gasteiger partial charge is 0.239 e. The lowest BCUT2D eigenvalue weighted by Gasteiger charge is -2.47. The molecule has 1 aromatic rings. The predicted molar refractivity (Wildman–Crippen MR) is 91.9 cm³/mol. The molecule has 2 atom stereocenters. The molecule has 0 radical (unpaired) electrons. The van der Waals surface area contributed by atoms with Crippen molar-refractivity contribution >= 4 is 5.91 Å². The minimum absolute atomic E-state index is 0.0430. The molecule has 1 amide bonds. The van der Waals surface area contributed by atoms with Crippen LogP contribution in [0.3, 0.4) is 0 Å². The molecule has 2 aliphatic heterocycles. The van der Waals surface area contributed by atoms with E-state index in [0.29, 0.717) is 23.9 Å². The standard InChI is InChI=1S/C20H27FN2O/c21-18-8-4-3-7-17(18)14-22-10-9-16-11-19(22)20(24)23(13-16)12-15-5-1-2-6-15/h3-4,7-8,15-16,19H,1-2,5-6,9-14H2/t16-,19+/m0/s1. The van der Waals surface area contributed by atoms with Gasteiger partial charge in [-0.05, 0) is 50.1 Å². The highest BCUT2D eigenvalue weighted by atomic mass is 19.1. The minimum Gasteiger partial charge on any atom is -0.341 e. The van der Waals surface area contributed by atoms with Crippen molar-refractivity contribution in [1.82, 2.24) is 9.80 Å². The van der Waals surface area contributed by atoms with E-state index in [9.17, 15) is 9.18 Å². The molecule has 130 valence electrons. The molecule has 3 nitrogen and oxygen atoms in total. The van der Waals surface area contributed by atoms with Gasteiger partial charge in [0, 0.05) is 25.2 Å². The Morgan fingerprint density at radius 1 is 1.12 bits per heavy atom. The third kappa shape index (κ3) is 3.21. The molecule has 3 aliphatic rings. The minimum atomic E-state index is -0.161. The second-order valence-corrected chi connectivity index (χ2v) is 7.86. The van der Waals surface area contributed by atoms with Gasteiger partial charge in [-0.15, -0.1) is 0 Å². The van der Waals surface area contributed by atoms with Gasteiger partial charge in [-0.1, -0.05) is 31.0 Å². The van der Waals surface area contributed by atoms with Crippen LogP contribution in [-0.4, -0.2) is 41.4 Å². The predicted octanol–water partition coefficient (Wildman–Crippen LogP) is 3.44. The van der Waals surface area contributed by atoms with Crippen molar-refractivity contribution in [1.29, 1.82) is 0 Å². The zero-order chi connectivity index (χ0) is 16.5. The number of hydrogen-bond donors (Lipinski definition) is 0. The van der Waals surface area contributed by atoms with Crippen LogP contribution in [0.15, 0.2) is 24.3 Å². The number of halogens is 1. The lowest BCUT2D eigenvalue weighted by molar-refractivity contribution is -0.146. The van der Waals surface area contributed by atoms with Crippen molar-refractivity contribution in [3.63, 3.8) is 0 Å². The van der Waals surface area contributed by atoms with E-state index < -0.39 is 0 Å². The molecule has 1 aliphatic carbocycles. The van der Waals surface area contributed by atoms with E-state index >= 15 is 0 Å². The summed E-state index contributed by atoms with van der Waals surface area (Å²) < 4.78 is 14.0. The molecule has 0 spiro atoms. The third-order valence-electron chi connectivity index (χ3n) is 6.18. The largest absolute Gasteiger partial charge is 0.341 e. The van der Waals surface area contributed by atoms with Gasteiger partial charge < -0.3 is 4.90 Å². The Kier molecular flexibility index (Phi) is 4.57. The van der Waals surface area contributed by atoms with E-state index in [4.69, 9.17) is 0 Å². The van der Waals surface area contributed by atoms with Crippen molar-refractivity contribution in [2.75, 3.05) is 19.6 Å². The maximum absolute atomic E-state index is 14.0. The molecule has 0 aromatic heterocycles. The highest BCUT2D eigenvalue weighted by Crippen LogP contribution is 2.33. The van der Waals surface area contributed by atoms with Crippen molar-refractivity contribution < 1.29 is 9.18 Å². The molecule has 3 fully saturated rings. The highest BCUT2D eigenvalue weighted by Gasteiger charge is 2.41. The number of carbonyl (C=O) groups excluding carboxylic acids is 1. The Morgan fingerprint density at radius 2 is 1.92 bits per heavy atom. The zero-order valence-electron chi connectivity index (χ0n) is 14.3. The number of piperidine rings is 2. The summed E-state index contributed by atoms with van der Waals surface area (Å²) in [5.41, 5.74) is 0.705. The Hall–Kier alpha value is -1.42. The zero-order valence-corrected chi connectivity index (χ0v) is 14.3. The molecule has 0 unspecified atom stereocenters. The van der Waals surface area contributed by atoms with E-state index in [1.807, 2.05) is 12.1 Å². The second-order valence-electron chi connectivity index (χ2n) is 7.86. The van der Waals surface area contributed by atoms with Gasteiger partial charge in [-0.2, -0.15) is 0 Å². The quantitative estimate of drug-likeness (QED) is 0.844. The topological polar surface area (TPSA) is 23.6 Å². The number of fused-ring (bicyclic) bond motifs is 2. The molecule has 24 heavy (non-hydrogen) atoms. The molecular weight excluding hydrogens is 303 g/mol. The Labute approximate surface area is 143 Å². The molecule has 2 bridgehead atoms. The highest BCUT2D eigenvalue weighted by molar-refractivity contribution is 5.83. The van der Waals surface area contributed by atoms with Crippen LogP contribution >= 0.6 is 0 Å². The van der Waals surface area contributed by atoms with Crippen molar-refractivity contribution in [3.05, 3.63) is 35.6 Å². The summed E-state index contributed by atoms with van der Waals surface area (Å²) in [7, 11) is 0. The van der Waals surface area contributed by atoms with E-state index in [1.165, 1.54) is 31.7 Å². The van der Waals surface area contributed by atoms with E-state index in [0.717, 1.165) is 32.5 Å². The fraction of sp³-hybridized carbons (Fsp3) is 0.650. The molecular formula is C20H27FN2O. The third-order valence-corrected chi connectivity index (χ3v) is 6.18. The van der Waals surface area contributed by atoms with Gasteiger partial charge in [-0.3, -0.25) is 9.69 Å². The van der Waals surface area contributed by atoms with Gasteiger partial charge in [0.25, 0.3) is 0 Å². The molecule has 2 saturated heterocycles. The number of benzene rings is 1. The summed E-state index contributed by atoms with van der Waals surface area (Å²) in [5.74, 6) is 1.46. The first-order valence-corrected chi connectivity index (χ1v) is 9.47. The van der Waals surface area contributed by atoms with E-state index in [2.05, 4.69) is 9.80 Å². The normalized spacial score (nSPS) is 28.5. The van der Waals surface area contributed by atoms with Crippen LogP contribution in [0.4, 0.5) is 4.39 Å². The summed E-state index contributed by atoms with van der Waals surface area (Å²) in [6.45, 7) is 3.35. The van der Waals surface area contributed by atoms with Crippen LogP contribution in [0.2, 0.25) is 0 Å². The Morgan fingerprint density at radius 3 is 2.71 bits per heavy atom. The average molecular weight is 330 g/mol. The van der Waals surface area contributed by atoms with Crippen LogP contribution in [0.25, 0.3) is 0 Å².